The number of phenols is 1. The first-order valence-electron chi connectivity index (χ1n) is 3.38. The van der Waals surface area contributed by atoms with Gasteiger partial charge in [-0.2, -0.15) is 5.10 Å². The summed E-state index contributed by atoms with van der Waals surface area (Å²) in [5.41, 5.74) is 5.75. The lowest BCUT2D eigenvalue weighted by Crippen LogP contribution is -1.86. The van der Waals surface area contributed by atoms with Gasteiger partial charge in [-0.15, -0.1) is 5.10 Å². The van der Waals surface area contributed by atoms with Crippen molar-refractivity contribution in [2.24, 2.45) is 15.9 Å². The minimum atomic E-state index is 0.204. The molecule has 3 N–H and O–H groups in total. The molecule has 0 atom stereocenters. The molecule has 0 saturated carbocycles. The van der Waals surface area contributed by atoms with Crippen LogP contribution in [0, 0.1) is 0 Å². The monoisotopic (exact) mass is 163 g/mol. The molecule has 12 heavy (non-hydrogen) atoms. The van der Waals surface area contributed by atoms with Gasteiger partial charge in [-0.1, -0.05) is 12.1 Å². The predicted molar refractivity (Wildman–Crippen MR) is 48.4 cm³/mol. The molecular formula is C8H9N3O. The van der Waals surface area contributed by atoms with E-state index in [1.54, 1.807) is 24.3 Å². The van der Waals surface area contributed by atoms with Gasteiger partial charge in [-0.25, -0.2) is 0 Å². The fraction of sp³-hybridized carbons (Fsp3) is 0. The molecule has 0 unspecified atom stereocenters. The summed E-state index contributed by atoms with van der Waals surface area (Å²) >= 11 is 0. The summed E-state index contributed by atoms with van der Waals surface area (Å²) in [7, 11) is 0. The Bertz CT molecular complexity index is 307. The average molecular weight is 163 g/mol. The maximum atomic E-state index is 9.04. The third-order valence-electron chi connectivity index (χ3n) is 1.21. The molecular weight excluding hydrogens is 154 g/mol. The number of nitrogens with two attached hydrogens (primary N) is 1. The lowest BCUT2D eigenvalue weighted by atomic mass is 10.2. The maximum absolute atomic E-state index is 9.04. The van der Waals surface area contributed by atoms with Crippen LogP contribution in [-0.2, 0) is 0 Å². The van der Waals surface area contributed by atoms with E-state index in [0.717, 1.165) is 11.9 Å². The summed E-state index contributed by atoms with van der Waals surface area (Å²) in [5, 5.41) is 16.1. The molecule has 0 aliphatic carbocycles. The number of benzene rings is 1. The van der Waals surface area contributed by atoms with Gasteiger partial charge in [-0.05, 0) is 17.7 Å². The Morgan fingerprint density at radius 2 is 2.17 bits per heavy atom. The summed E-state index contributed by atoms with van der Waals surface area (Å²) in [5.74, 6) is 0.204. The lowest BCUT2D eigenvalue weighted by molar-refractivity contribution is 0.475. The van der Waals surface area contributed by atoms with E-state index < -0.39 is 0 Å². The Morgan fingerprint density at radius 1 is 1.33 bits per heavy atom. The van der Waals surface area contributed by atoms with E-state index in [-0.39, 0.29) is 5.75 Å². The van der Waals surface area contributed by atoms with E-state index in [0.29, 0.717) is 0 Å². The van der Waals surface area contributed by atoms with Gasteiger partial charge in [-0.3, -0.25) is 0 Å². The number of hydrogen-bond donors (Lipinski definition) is 2. The highest BCUT2D eigenvalue weighted by molar-refractivity contribution is 5.80. The Kier molecular flexibility index (Phi) is 2.84. The molecule has 0 bridgehead atoms. The zero-order chi connectivity index (χ0) is 8.81. The van der Waals surface area contributed by atoms with Gasteiger partial charge in [0.25, 0.3) is 0 Å². The fourth-order valence-electron chi connectivity index (χ4n) is 0.744. The van der Waals surface area contributed by atoms with E-state index in [1.165, 1.54) is 6.21 Å². The minimum absolute atomic E-state index is 0.204. The van der Waals surface area contributed by atoms with Gasteiger partial charge < -0.3 is 10.8 Å². The Morgan fingerprint density at radius 3 is 2.83 bits per heavy atom. The molecule has 0 amide bonds. The first-order valence-corrected chi connectivity index (χ1v) is 3.38. The normalized spacial score (nSPS) is 11.3. The summed E-state index contributed by atoms with van der Waals surface area (Å²) in [4.78, 5) is 0. The Balaban J connectivity index is 2.76. The largest absolute Gasteiger partial charge is 0.508 e. The highest BCUT2D eigenvalue weighted by Crippen LogP contribution is 2.08. The van der Waals surface area contributed by atoms with Crippen LogP contribution in [0.15, 0.2) is 34.5 Å². The number of phenolic OH excluding ortho intramolecular Hbond substituents is 1. The van der Waals surface area contributed by atoms with Crippen LogP contribution in [-0.4, -0.2) is 17.7 Å². The van der Waals surface area contributed by atoms with Crippen LogP contribution in [0.5, 0.6) is 5.75 Å². The van der Waals surface area contributed by atoms with Gasteiger partial charge in [0, 0.05) is 0 Å². The molecule has 62 valence electrons. The second-order valence-electron chi connectivity index (χ2n) is 2.10. The van der Waals surface area contributed by atoms with E-state index >= 15 is 0 Å². The number of nitrogens with zero attached hydrogens (tertiary/aromatic N) is 2. The van der Waals surface area contributed by atoms with Crippen molar-refractivity contribution in [3.63, 3.8) is 0 Å². The second-order valence-corrected chi connectivity index (χ2v) is 2.10. The van der Waals surface area contributed by atoms with E-state index in [2.05, 4.69) is 10.2 Å². The van der Waals surface area contributed by atoms with Crippen molar-refractivity contribution < 1.29 is 5.11 Å². The minimum Gasteiger partial charge on any atom is -0.508 e. The van der Waals surface area contributed by atoms with Gasteiger partial charge in [0.2, 0.25) is 0 Å². The molecule has 0 aliphatic heterocycles. The Labute approximate surface area is 70.1 Å². The van der Waals surface area contributed by atoms with Crippen LogP contribution >= 0.6 is 0 Å². The highest BCUT2D eigenvalue weighted by atomic mass is 16.3. The smallest absolute Gasteiger partial charge is 0.116 e. The predicted octanol–water partition coefficient (Wildman–Crippen LogP) is 0.713. The molecule has 1 aromatic carbocycles. The van der Waals surface area contributed by atoms with Crippen LogP contribution in [0.25, 0.3) is 0 Å². The lowest BCUT2D eigenvalue weighted by Gasteiger charge is -1.91. The Hall–Kier alpha value is -1.84. The first-order chi connectivity index (χ1) is 5.83. The van der Waals surface area contributed by atoms with Crippen molar-refractivity contribution in [3.8, 4) is 5.75 Å². The number of rotatable bonds is 2. The highest BCUT2D eigenvalue weighted by Gasteiger charge is 1.88. The molecule has 4 nitrogen and oxygen atoms in total. The number of aromatic hydroxyl groups is 1. The molecule has 1 rings (SSSR count). The summed E-state index contributed by atoms with van der Waals surface area (Å²) in [6.07, 6.45) is 2.60. The summed E-state index contributed by atoms with van der Waals surface area (Å²) < 4.78 is 0. The van der Waals surface area contributed by atoms with Crippen molar-refractivity contribution in [1.29, 1.82) is 0 Å². The maximum Gasteiger partial charge on any atom is 0.116 e. The van der Waals surface area contributed by atoms with Gasteiger partial charge in [0.1, 0.15) is 12.1 Å². The molecule has 1 aromatic rings. The molecule has 0 aliphatic rings. The van der Waals surface area contributed by atoms with Crippen LogP contribution in [0.2, 0.25) is 0 Å². The first kappa shape index (κ1) is 8.26. The van der Waals surface area contributed by atoms with Crippen LogP contribution in [0.4, 0.5) is 0 Å². The van der Waals surface area contributed by atoms with Crippen molar-refractivity contribution in [1.82, 2.24) is 0 Å². The van der Waals surface area contributed by atoms with Crippen LogP contribution < -0.4 is 5.73 Å². The SMILES string of the molecule is NC=N/N=C/c1cccc(O)c1. The molecule has 0 saturated heterocycles. The second kappa shape index (κ2) is 4.12. The topological polar surface area (TPSA) is 71.0 Å². The van der Waals surface area contributed by atoms with E-state index in [1.807, 2.05) is 0 Å². The van der Waals surface area contributed by atoms with Crippen LogP contribution in [0.1, 0.15) is 5.56 Å². The zero-order valence-electron chi connectivity index (χ0n) is 6.38. The quantitative estimate of drug-likeness (QED) is 0.383. The third kappa shape index (κ3) is 2.42. The molecule has 0 fully saturated rings. The summed E-state index contributed by atoms with van der Waals surface area (Å²) in [6.45, 7) is 0. The van der Waals surface area contributed by atoms with Crippen molar-refractivity contribution in [2.75, 3.05) is 0 Å². The molecule has 0 radical (unpaired) electrons. The van der Waals surface area contributed by atoms with Crippen molar-refractivity contribution >= 4 is 12.6 Å². The molecule has 0 aromatic heterocycles. The van der Waals surface area contributed by atoms with E-state index in [4.69, 9.17) is 10.8 Å². The molecule has 4 heteroatoms. The van der Waals surface area contributed by atoms with Crippen molar-refractivity contribution in [2.45, 2.75) is 0 Å². The number of hydrogen-bond acceptors (Lipinski definition) is 3. The van der Waals surface area contributed by atoms with Crippen LogP contribution in [0.3, 0.4) is 0 Å². The van der Waals surface area contributed by atoms with Gasteiger partial charge in [0.15, 0.2) is 0 Å². The average Bonchev–Trinajstić information content (AvgIpc) is 2.05. The van der Waals surface area contributed by atoms with Gasteiger partial charge >= 0.3 is 0 Å². The molecule has 0 heterocycles. The standard InChI is InChI=1S/C8H9N3O/c9-6-11-10-5-7-2-1-3-8(12)4-7/h1-6,12H,(H2,9,11)/b10-5+. The fourth-order valence-corrected chi connectivity index (χ4v) is 0.744. The van der Waals surface area contributed by atoms with Crippen molar-refractivity contribution in [3.05, 3.63) is 29.8 Å². The third-order valence-corrected chi connectivity index (χ3v) is 1.21. The van der Waals surface area contributed by atoms with E-state index in [9.17, 15) is 0 Å². The van der Waals surface area contributed by atoms with Gasteiger partial charge in [0.05, 0.1) is 6.21 Å². The summed E-state index contributed by atoms with van der Waals surface area (Å²) in [6, 6.07) is 6.69. The molecule has 0 spiro atoms. The zero-order valence-corrected chi connectivity index (χ0v) is 6.38.